The minimum atomic E-state index is -0.525. The Kier molecular flexibility index (Phi) is 6.36. The number of amides is 1. The highest BCUT2D eigenvalue weighted by Gasteiger charge is 2.23. The number of carbonyl (C=O) groups is 1. The van der Waals surface area contributed by atoms with E-state index in [4.69, 9.17) is 9.47 Å². The Bertz CT molecular complexity index is 585. The average Bonchev–Trinajstić information content (AvgIpc) is 2.60. The summed E-state index contributed by atoms with van der Waals surface area (Å²) in [6, 6.07) is 4.19. The van der Waals surface area contributed by atoms with E-state index in [1.165, 1.54) is 25.3 Å². The van der Waals surface area contributed by atoms with E-state index in [2.05, 4.69) is 5.32 Å². The summed E-state index contributed by atoms with van der Waals surface area (Å²) in [5.41, 5.74) is -0.136. The maximum absolute atomic E-state index is 12.2. The first-order valence-corrected chi connectivity index (χ1v) is 7.92. The molecule has 1 aromatic rings. The van der Waals surface area contributed by atoms with Crippen molar-refractivity contribution >= 4 is 11.6 Å². The number of nitro groups is 1. The van der Waals surface area contributed by atoms with E-state index in [1.54, 1.807) is 4.90 Å². The van der Waals surface area contributed by atoms with Crippen molar-refractivity contribution in [1.82, 2.24) is 10.2 Å². The second-order valence-electron chi connectivity index (χ2n) is 5.76. The smallest absolute Gasteiger partial charge is 0.311 e. The van der Waals surface area contributed by atoms with E-state index >= 15 is 0 Å². The molecule has 0 spiro atoms. The number of likely N-dealkylation sites (tertiary alicyclic amines) is 1. The number of benzene rings is 1. The molecule has 1 saturated heterocycles. The predicted molar refractivity (Wildman–Crippen MR) is 88.4 cm³/mol. The van der Waals surface area contributed by atoms with E-state index in [0.717, 1.165) is 32.5 Å². The standard InChI is InChI=1S/C16H23N3O5/c1-17-10-12-5-7-18(8-6-12)16(20)11-24-13-3-4-14(19(21)22)15(9-13)23-2/h3-4,9,12,17H,5-8,10-11H2,1-2H3. The second-order valence-corrected chi connectivity index (χ2v) is 5.76. The maximum atomic E-state index is 12.2. The summed E-state index contributed by atoms with van der Waals surface area (Å²) in [4.78, 5) is 24.3. The van der Waals surface area contributed by atoms with Crippen LogP contribution in [-0.4, -0.2) is 56.1 Å². The molecule has 1 aliphatic rings. The van der Waals surface area contributed by atoms with Gasteiger partial charge in [-0.3, -0.25) is 14.9 Å². The first-order valence-electron chi connectivity index (χ1n) is 7.92. The van der Waals surface area contributed by atoms with Gasteiger partial charge in [0.15, 0.2) is 6.61 Å². The number of ether oxygens (including phenoxy) is 2. The molecule has 132 valence electrons. The van der Waals surface area contributed by atoms with Gasteiger partial charge in [0.25, 0.3) is 5.91 Å². The molecule has 1 aliphatic heterocycles. The lowest BCUT2D eigenvalue weighted by atomic mass is 9.97. The summed E-state index contributed by atoms with van der Waals surface area (Å²) in [6.45, 7) is 2.36. The summed E-state index contributed by atoms with van der Waals surface area (Å²) < 4.78 is 10.4. The number of nitrogens with zero attached hydrogens (tertiary/aromatic N) is 2. The normalized spacial score (nSPS) is 15.2. The molecule has 1 aromatic carbocycles. The molecule has 0 unspecified atom stereocenters. The summed E-state index contributed by atoms with van der Waals surface area (Å²) in [5, 5.41) is 14.0. The van der Waals surface area contributed by atoms with Gasteiger partial charge in [-0.15, -0.1) is 0 Å². The van der Waals surface area contributed by atoms with Gasteiger partial charge < -0.3 is 19.7 Å². The van der Waals surface area contributed by atoms with Crippen LogP contribution in [0.5, 0.6) is 11.5 Å². The Morgan fingerprint density at radius 1 is 1.42 bits per heavy atom. The predicted octanol–water partition coefficient (Wildman–Crippen LogP) is 1.44. The van der Waals surface area contributed by atoms with Crippen molar-refractivity contribution in [3.05, 3.63) is 28.3 Å². The minimum Gasteiger partial charge on any atom is -0.490 e. The number of piperidine rings is 1. The Hall–Kier alpha value is -2.35. The van der Waals surface area contributed by atoms with Crippen LogP contribution in [0.2, 0.25) is 0 Å². The fourth-order valence-electron chi connectivity index (χ4n) is 2.81. The van der Waals surface area contributed by atoms with Crippen LogP contribution in [0.15, 0.2) is 18.2 Å². The third-order valence-corrected chi connectivity index (χ3v) is 4.17. The van der Waals surface area contributed by atoms with Crippen molar-refractivity contribution in [2.45, 2.75) is 12.8 Å². The summed E-state index contributed by atoms with van der Waals surface area (Å²) in [7, 11) is 3.29. The quantitative estimate of drug-likeness (QED) is 0.598. The Morgan fingerprint density at radius 2 is 2.12 bits per heavy atom. The summed E-state index contributed by atoms with van der Waals surface area (Å²) >= 11 is 0. The Balaban J connectivity index is 1.87. The highest BCUT2D eigenvalue weighted by molar-refractivity contribution is 5.77. The molecule has 0 aliphatic carbocycles. The van der Waals surface area contributed by atoms with Gasteiger partial charge in [0, 0.05) is 25.2 Å². The lowest BCUT2D eigenvalue weighted by Crippen LogP contribution is -2.42. The Labute approximate surface area is 140 Å². The van der Waals surface area contributed by atoms with Crippen molar-refractivity contribution in [2.75, 3.05) is 40.4 Å². The monoisotopic (exact) mass is 337 g/mol. The zero-order chi connectivity index (χ0) is 17.5. The highest BCUT2D eigenvalue weighted by Crippen LogP contribution is 2.30. The molecule has 8 heteroatoms. The van der Waals surface area contributed by atoms with Crippen molar-refractivity contribution in [3.8, 4) is 11.5 Å². The molecule has 0 radical (unpaired) electrons. The molecule has 1 heterocycles. The van der Waals surface area contributed by atoms with E-state index in [9.17, 15) is 14.9 Å². The van der Waals surface area contributed by atoms with Crippen LogP contribution in [-0.2, 0) is 4.79 Å². The number of rotatable bonds is 7. The van der Waals surface area contributed by atoms with Crippen LogP contribution in [0, 0.1) is 16.0 Å². The molecule has 1 fully saturated rings. The van der Waals surface area contributed by atoms with Gasteiger partial charge in [-0.1, -0.05) is 0 Å². The van der Waals surface area contributed by atoms with Crippen molar-refractivity contribution in [1.29, 1.82) is 0 Å². The number of hydrogen-bond acceptors (Lipinski definition) is 6. The van der Waals surface area contributed by atoms with Crippen LogP contribution in [0.25, 0.3) is 0 Å². The third-order valence-electron chi connectivity index (χ3n) is 4.17. The number of nitro benzene ring substituents is 1. The van der Waals surface area contributed by atoms with Crippen LogP contribution in [0.1, 0.15) is 12.8 Å². The first kappa shape index (κ1) is 18.0. The molecular formula is C16H23N3O5. The van der Waals surface area contributed by atoms with Gasteiger partial charge in [0.05, 0.1) is 12.0 Å². The highest BCUT2D eigenvalue weighted by atomic mass is 16.6. The number of methoxy groups -OCH3 is 1. The van der Waals surface area contributed by atoms with Gasteiger partial charge in [0.2, 0.25) is 5.75 Å². The van der Waals surface area contributed by atoms with E-state index in [-0.39, 0.29) is 24.0 Å². The molecule has 8 nitrogen and oxygen atoms in total. The molecule has 0 bridgehead atoms. The lowest BCUT2D eigenvalue weighted by Gasteiger charge is -2.31. The lowest BCUT2D eigenvalue weighted by molar-refractivity contribution is -0.385. The SMILES string of the molecule is CNCC1CCN(C(=O)COc2ccc([N+](=O)[O-])c(OC)c2)CC1. The van der Waals surface area contributed by atoms with Gasteiger partial charge >= 0.3 is 5.69 Å². The van der Waals surface area contributed by atoms with Gasteiger partial charge in [-0.2, -0.15) is 0 Å². The van der Waals surface area contributed by atoms with Crippen molar-refractivity contribution in [2.24, 2.45) is 5.92 Å². The molecule has 24 heavy (non-hydrogen) atoms. The van der Waals surface area contributed by atoms with Crippen LogP contribution in [0.4, 0.5) is 5.69 Å². The number of hydrogen-bond donors (Lipinski definition) is 1. The fourth-order valence-corrected chi connectivity index (χ4v) is 2.81. The topological polar surface area (TPSA) is 93.9 Å². The first-order chi connectivity index (χ1) is 11.5. The molecule has 1 N–H and O–H groups in total. The van der Waals surface area contributed by atoms with Gasteiger partial charge in [-0.05, 0) is 38.4 Å². The maximum Gasteiger partial charge on any atom is 0.311 e. The number of nitrogens with one attached hydrogen (secondary N) is 1. The van der Waals surface area contributed by atoms with Gasteiger partial charge in [0.1, 0.15) is 5.75 Å². The molecule has 2 rings (SSSR count). The van der Waals surface area contributed by atoms with E-state index in [1.807, 2.05) is 7.05 Å². The van der Waals surface area contributed by atoms with Gasteiger partial charge in [-0.25, -0.2) is 0 Å². The van der Waals surface area contributed by atoms with Crippen LogP contribution >= 0.6 is 0 Å². The molecule has 0 atom stereocenters. The molecular weight excluding hydrogens is 314 g/mol. The van der Waals surface area contributed by atoms with Crippen LogP contribution < -0.4 is 14.8 Å². The van der Waals surface area contributed by atoms with Crippen molar-refractivity contribution in [3.63, 3.8) is 0 Å². The third kappa shape index (κ3) is 4.58. The second kappa shape index (κ2) is 8.49. The number of carbonyl (C=O) groups excluding carboxylic acids is 1. The zero-order valence-electron chi connectivity index (χ0n) is 14.0. The largest absolute Gasteiger partial charge is 0.490 e. The van der Waals surface area contributed by atoms with Crippen LogP contribution in [0.3, 0.4) is 0 Å². The molecule has 0 saturated carbocycles. The molecule has 1 amide bonds. The van der Waals surface area contributed by atoms with E-state index < -0.39 is 4.92 Å². The summed E-state index contributed by atoms with van der Waals surface area (Å²) in [6.07, 6.45) is 1.97. The average molecular weight is 337 g/mol. The Morgan fingerprint density at radius 3 is 2.71 bits per heavy atom. The van der Waals surface area contributed by atoms with Crippen molar-refractivity contribution < 1.29 is 19.2 Å². The summed E-state index contributed by atoms with van der Waals surface area (Å²) in [5.74, 6) is 1.02. The fraction of sp³-hybridized carbons (Fsp3) is 0.562. The van der Waals surface area contributed by atoms with E-state index in [0.29, 0.717) is 11.7 Å². The molecule has 0 aromatic heterocycles. The minimum absolute atomic E-state index is 0.0739. The zero-order valence-corrected chi connectivity index (χ0v) is 14.0.